The predicted octanol–water partition coefficient (Wildman–Crippen LogP) is 1.33. The van der Waals surface area contributed by atoms with Gasteiger partial charge in [0.15, 0.2) is 0 Å². The first-order valence-electron chi connectivity index (χ1n) is 2.56. The number of hydrogen-bond acceptors (Lipinski definition) is 2. The summed E-state index contributed by atoms with van der Waals surface area (Å²) in [5.74, 6) is 0. The van der Waals surface area contributed by atoms with Gasteiger partial charge in [0.2, 0.25) is 0 Å². The van der Waals surface area contributed by atoms with Gasteiger partial charge in [-0.05, 0) is 0 Å². The molecule has 0 saturated carbocycles. The summed E-state index contributed by atoms with van der Waals surface area (Å²) in [6.07, 6.45) is 0. The molecule has 0 spiro atoms. The molecule has 0 unspecified atom stereocenters. The van der Waals surface area contributed by atoms with Gasteiger partial charge in [-0.25, -0.2) is 13.1 Å². The molecular formula is C4H5BrF3NO2S. The van der Waals surface area contributed by atoms with E-state index < -0.39 is 22.1 Å². The maximum absolute atomic E-state index is 11.6. The first-order chi connectivity index (χ1) is 5.17. The highest BCUT2D eigenvalue weighted by atomic mass is 79.9. The molecule has 12 heavy (non-hydrogen) atoms. The van der Waals surface area contributed by atoms with Crippen LogP contribution >= 0.6 is 15.9 Å². The zero-order valence-corrected chi connectivity index (χ0v) is 8.05. The summed E-state index contributed by atoms with van der Waals surface area (Å²) in [5, 5.41) is 0. The number of hydrogen-bond donors (Lipinski definition) is 1. The zero-order chi connectivity index (χ0) is 9.99. The molecule has 0 aromatic rings. The van der Waals surface area contributed by atoms with Crippen LogP contribution in [0.2, 0.25) is 0 Å². The monoisotopic (exact) mass is 267 g/mol. The molecule has 0 rings (SSSR count). The van der Waals surface area contributed by atoms with Gasteiger partial charge in [-0.15, -0.1) is 0 Å². The first-order valence-corrected chi connectivity index (χ1v) is 4.83. The third-order valence-corrected chi connectivity index (χ3v) is 2.17. The van der Waals surface area contributed by atoms with Gasteiger partial charge in [-0.3, -0.25) is 0 Å². The van der Waals surface area contributed by atoms with Crippen molar-refractivity contribution in [1.29, 1.82) is 0 Å². The first kappa shape index (κ1) is 11.9. The van der Waals surface area contributed by atoms with Crippen LogP contribution in [0.3, 0.4) is 0 Å². The van der Waals surface area contributed by atoms with Crippen molar-refractivity contribution in [2.24, 2.45) is 0 Å². The fraction of sp³-hybridized carbons (Fsp3) is 0.500. The minimum Gasteiger partial charge on any atom is -0.203 e. The maximum atomic E-state index is 11.6. The van der Waals surface area contributed by atoms with Gasteiger partial charge in [0.25, 0.3) is 0 Å². The largest absolute Gasteiger partial charge is 0.511 e. The van der Waals surface area contributed by atoms with E-state index in [2.05, 4.69) is 22.5 Å². The number of nitrogens with one attached hydrogen (secondary N) is 1. The molecule has 0 aromatic carbocycles. The molecule has 72 valence electrons. The molecule has 0 aliphatic heterocycles. The van der Waals surface area contributed by atoms with Crippen molar-refractivity contribution < 1.29 is 21.6 Å². The van der Waals surface area contributed by atoms with E-state index in [-0.39, 0.29) is 4.48 Å². The lowest BCUT2D eigenvalue weighted by Gasteiger charge is -2.07. The van der Waals surface area contributed by atoms with Crippen molar-refractivity contribution in [2.75, 3.05) is 6.54 Å². The Balaban J connectivity index is 4.37. The second-order valence-electron chi connectivity index (χ2n) is 1.79. The number of alkyl halides is 3. The van der Waals surface area contributed by atoms with E-state index >= 15 is 0 Å². The minimum atomic E-state index is -5.27. The molecule has 1 N–H and O–H groups in total. The molecular weight excluding hydrogens is 263 g/mol. The maximum Gasteiger partial charge on any atom is 0.511 e. The topological polar surface area (TPSA) is 46.2 Å². The summed E-state index contributed by atoms with van der Waals surface area (Å²) in [5.41, 5.74) is -5.27. The highest BCUT2D eigenvalue weighted by Crippen LogP contribution is 2.21. The van der Waals surface area contributed by atoms with Crippen LogP contribution in [0.4, 0.5) is 13.2 Å². The highest BCUT2D eigenvalue weighted by molar-refractivity contribution is 9.11. The fourth-order valence-corrected chi connectivity index (χ4v) is 1.11. The summed E-state index contributed by atoms with van der Waals surface area (Å²) in [4.78, 5) is 0. The summed E-state index contributed by atoms with van der Waals surface area (Å²) >= 11 is 2.71. The lowest BCUT2D eigenvalue weighted by Crippen LogP contribution is -2.36. The van der Waals surface area contributed by atoms with E-state index in [4.69, 9.17) is 0 Å². The van der Waals surface area contributed by atoms with Crippen LogP contribution in [0.25, 0.3) is 0 Å². The van der Waals surface area contributed by atoms with Crippen molar-refractivity contribution in [1.82, 2.24) is 4.72 Å². The minimum absolute atomic E-state index is 0.121. The SMILES string of the molecule is C=C(Br)CNS(=O)(=O)C(F)(F)F. The molecule has 0 aromatic heterocycles. The molecule has 0 radical (unpaired) electrons. The van der Waals surface area contributed by atoms with Gasteiger partial charge < -0.3 is 0 Å². The van der Waals surface area contributed by atoms with E-state index in [0.29, 0.717) is 0 Å². The smallest absolute Gasteiger partial charge is 0.203 e. The average molecular weight is 268 g/mol. The average Bonchev–Trinajstić information content (AvgIpc) is 1.81. The van der Waals surface area contributed by atoms with E-state index in [0.717, 1.165) is 0 Å². The molecule has 0 saturated heterocycles. The van der Waals surface area contributed by atoms with Gasteiger partial charge >= 0.3 is 15.5 Å². The third-order valence-electron chi connectivity index (χ3n) is 0.759. The van der Waals surface area contributed by atoms with Crippen LogP contribution in [-0.4, -0.2) is 20.5 Å². The Labute approximate surface area is 75.8 Å². The summed E-state index contributed by atoms with van der Waals surface area (Å²) < 4.78 is 56.7. The van der Waals surface area contributed by atoms with Gasteiger partial charge in [-0.1, -0.05) is 22.5 Å². The lowest BCUT2D eigenvalue weighted by molar-refractivity contribution is -0.0446. The Morgan fingerprint density at radius 2 is 1.92 bits per heavy atom. The Morgan fingerprint density at radius 3 is 2.17 bits per heavy atom. The molecule has 0 amide bonds. The summed E-state index contributed by atoms with van der Waals surface area (Å²) in [7, 11) is -5.23. The van der Waals surface area contributed by atoms with Crippen LogP contribution < -0.4 is 4.72 Å². The normalized spacial score (nSPS) is 13.0. The number of halogens is 4. The summed E-state index contributed by atoms with van der Waals surface area (Å²) in [6, 6.07) is 0. The predicted molar refractivity (Wildman–Crippen MR) is 41.0 cm³/mol. The molecule has 3 nitrogen and oxygen atoms in total. The fourth-order valence-electron chi connectivity index (χ4n) is 0.255. The van der Waals surface area contributed by atoms with Crippen LogP contribution in [0.1, 0.15) is 0 Å². The van der Waals surface area contributed by atoms with E-state index in [1.807, 2.05) is 0 Å². The van der Waals surface area contributed by atoms with Gasteiger partial charge in [0.05, 0.1) is 0 Å². The molecule has 0 aliphatic carbocycles. The Morgan fingerprint density at radius 1 is 1.50 bits per heavy atom. The van der Waals surface area contributed by atoms with Gasteiger partial charge in [0.1, 0.15) is 0 Å². The van der Waals surface area contributed by atoms with Crippen LogP contribution in [0.15, 0.2) is 11.1 Å². The van der Waals surface area contributed by atoms with Crippen LogP contribution in [0.5, 0.6) is 0 Å². The van der Waals surface area contributed by atoms with Crippen molar-refractivity contribution in [3.05, 3.63) is 11.1 Å². The zero-order valence-electron chi connectivity index (χ0n) is 5.65. The van der Waals surface area contributed by atoms with Crippen LogP contribution in [0, 0.1) is 0 Å². The molecule has 0 fully saturated rings. The summed E-state index contributed by atoms with van der Waals surface area (Å²) in [6.45, 7) is 2.68. The lowest BCUT2D eigenvalue weighted by atomic mass is 10.7. The Hall–Kier alpha value is -0.0800. The molecule has 0 atom stereocenters. The van der Waals surface area contributed by atoms with E-state index in [9.17, 15) is 21.6 Å². The molecule has 0 aliphatic rings. The number of rotatable bonds is 3. The third kappa shape index (κ3) is 3.55. The Bertz CT molecular complexity index is 271. The Kier molecular flexibility index (Phi) is 3.73. The van der Waals surface area contributed by atoms with Gasteiger partial charge in [0, 0.05) is 11.0 Å². The van der Waals surface area contributed by atoms with Crippen molar-refractivity contribution in [3.63, 3.8) is 0 Å². The standard InChI is InChI=1S/C4H5BrF3NO2S/c1-3(5)2-9-12(10,11)4(6,7)8/h9H,1-2H2. The van der Waals surface area contributed by atoms with Crippen LogP contribution in [-0.2, 0) is 10.0 Å². The highest BCUT2D eigenvalue weighted by Gasteiger charge is 2.45. The van der Waals surface area contributed by atoms with Crippen molar-refractivity contribution in [2.45, 2.75) is 5.51 Å². The second-order valence-corrected chi connectivity index (χ2v) is 4.67. The van der Waals surface area contributed by atoms with Crippen molar-refractivity contribution in [3.8, 4) is 0 Å². The molecule has 8 heteroatoms. The van der Waals surface area contributed by atoms with Gasteiger partial charge in [-0.2, -0.15) is 13.2 Å². The van der Waals surface area contributed by atoms with E-state index in [1.54, 1.807) is 0 Å². The second kappa shape index (κ2) is 3.75. The molecule has 0 bridgehead atoms. The quantitative estimate of drug-likeness (QED) is 0.839. The molecule has 0 heterocycles. The number of sulfonamides is 1. The van der Waals surface area contributed by atoms with E-state index in [1.165, 1.54) is 4.72 Å². The van der Waals surface area contributed by atoms with Crippen molar-refractivity contribution >= 4 is 26.0 Å².